The zero-order chi connectivity index (χ0) is 15.7. The molecule has 0 radical (unpaired) electrons. The number of benzene rings is 2. The van der Waals surface area contributed by atoms with E-state index < -0.39 is 12.1 Å². The zero-order valence-electron chi connectivity index (χ0n) is 12.2. The molecule has 1 atom stereocenters. The summed E-state index contributed by atoms with van der Waals surface area (Å²) >= 11 is 0. The van der Waals surface area contributed by atoms with Gasteiger partial charge in [-0.15, -0.1) is 0 Å². The summed E-state index contributed by atoms with van der Waals surface area (Å²) in [6.45, 7) is 1.59. The van der Waals surface area contributed by atoms with Gasteiger partial charge < -0.3 is 16.4 Å². The Bertz CT molecular complexity index is 755. The summed E-state index contributed by atoms with van der Waals surface area (Å²) in [7, 11) is 0. The topological polar surface area (TPSA) is 84.2 Å². The molecule has 3 rings (SSSR count). The van der Waals surface area contributed by atoms with Crippen molar-refractivity contribution in [3.05, 3.63) is 53.6 Å². The molecule has 0 bridgehead atoms. The highest BCUT2D eigenvalue weighted by Crippen LogP contribution is 2.37. The van der Waals surface area contributed by atoms with Crippen molar-refractivity contribution in [2.45, 2.75) is 19.4 Å². The monoisotopic (exact) mass is 295 g/mol. The van der Waals surface area contributed by atoms with Crippen LogP contribution in [0.3, 0.4) is 0 Å². The maximum atomic E-state index is 12.0. The van der Waals surface area contributed by atoms with Gasteiger partial charge in [0.25, 0.3) is 0 Å². The maximum absolute atomic E-state index is 12.0. The minimum Gasteiger partial charge on any atom is -0.352 e. The summed E-state index contributed by atoms with van der Waals surface area (Å²) in [6.07, 6.45) is 0.865. The molecule has 2 aromatic rings. The molecule has 5 heteroatoms. The molecule has 1 unspecified atom stereocenters. The first-order valence-electron chi connectivity index (χ1n) is 7.12. The summed E-state index contributed by atoms with van der Waals surface area (Å²) in [5.41, 5.74) is 10.7. The van der Waals surface area contributed by atoms with Crippen molar-refractivity contribution in [1.82, 2.24) is 5.32 Å². The van der Waals surface area contributed by atoms with Gasteiger partial charge in [-0.3, -0.25) is 4.79 Å². The number of hydrogen-bond acceptors (Lipinski definition) is 2. The molecule has 22 heavy (non-hydrogen) atoms. The van der Waals surface area contributed by atoms with E-state index in [1.54, 1.807) is 6.92 Å². The summed E-state index contributed by atoms with van der Waals surface area (Å²) in [5, 5.41) is 5.15. The molecule has 112 valence electrons. The van der Waals surface area contributed by atoms with Crippen LogP contribution in [-0.4, -0.2) is 18.0 Å². The van der Waals surface area contributed by atoms with E-state index in [0.29, 0.717) is 0 Å². The Labute approximate surface area is 128 Å². The van der Waals surface area contributed by atoms with Crippen LogP contribution in [0.15, 0.2) is 42.5 Å². The summed E-state index contributed by atoms with van der Waals surface area (Å²) < 4.78 is 0. The molecular formula is C17H17N3O2. The van der Waals surface area contributed by atoms with Crippen LogP contribution in [0.4, 0.5) is 10.5 Å². The van der Waals surface area contributed by atoms with Gasteiger partial charge in [-0.05, 0) is 47.7 Å². The Kier molecular flexibility index (Phi) is 3.55. The number of fused-ring (bicyclic) bond motifs is 3. The van der Waals surface area contributed by atoms with E-state index in [9.17, 15) is 9.59 Å². The quantitative estimate of drug-likeness (QED) is 0.692. The fraction of sp³-hybridized carbons (Fsp3) is 0.176. The van der Waals surface area contributed by atoms with Gasteiger partial charge in [-0.25, -0.2) is 4.79 Å². The Balaban J connectivity index is 1.77. The first-order chi connectivity index (χ1) is 10.5. The third kappa shape index (κ3) is 2.65. The van der Waals surface area contributed by atoms with E-state index >= 15 is 0 Å². The SMILES string of the molecule is CC(NC(N)=O)C(=O)Nc1ccc2c(c1)Cc1ccccc1-2. The van der Waals surface area contributed by atoms with Crippen LogP contribution in [0.25, 0.3) is 11.1 Å². The summed E-state index contributed by atoms with van der Waals surface area (Å²) in [6, 6.07) is 12.8. The predicted molar refractivity (Wildman–Crippen MR) is 85.5 cm³/mol. The number of rotatable bonds is 3. The van der Waals surface area contributed by atoms with Crippen LogP contribution in [-0.2, 0) is 11.2 Å². The van der Waals surface area contributed by atoms with Gasteiger partial charge in [0.15, 0.2) is 0 Å². The number of nitrogens with one attached hydrogen (secondary N) is 2. The normalized spacial score (nSPS) is 13.0. The number of nitrogens with two attached hydrogens (primary N) is 1. The number of carbonyl (C=O) groups excluding carboxylic acids is 2. The second-order valence-corrected chi connectivity index (χ2v) is 5.43. The van der Waals surface area contributed by atoms with E-state index in [-0.39, 0.29) is 5.91 Å². The molecule has 3 amide bonds. The lowest BCUT2D eigenvalue weighted by atomic mass is 10.1. The second kappa shape index (κ2) is 5.52. The molecule has 0 heterocycles. The average Bonchev–Trinajstić information content (AvgIpc) is 2.84. The molecule has 1 aliphatic rings. The van der Waals surface area contributed by atoms with Crippen LogP contribution in [0, 0.1) is 0 Å². The van der Waals surface area contributed by atoms with E-state index in [4.69, 9.17) is 5.73 Å². The largest absolute Gasteiger partial charge is 0.352 e. The van der Waals surface area contributed by atoms with Crippen molar-refractivity contribution in [3.63, 3.8) is 0 Å². The number of amides is 3. The highest BCUT2D eigenvalue weighted by atomic mass is 16.2. The Hall–Kier alpha value is -2.82. The van der Waals surface area contributed by atoms with Gasteiger partial charge in [-0.1, -0.05) is 30.3 Å². The van der Waals surface area contributed by atoms with Crippen LogP contribution < -0.4 is 16.4 Å². The predicted octanol–water partition coefficient (Wildman–Crippen LogP) is 2.25. The van der Waals surface area contributed by atoms with Gasteiger partial charge in [0.05, 0.1) is 0 Å². The first kappa shape index (κ1) is 14.1. The molecule has 0 saturated heterocycles. The first-order valence-corrected chi connectivity index (χ1v) is 7.12. The van der Waals surface area contributed by atoms with Gasteiger partial charge in [0.2, 0.25) is 5.91 Å². The van der Waals surface area contributed by atoms with Gasteiger partial charge >= 0.3 is 6.03 Å². The molecule has 0 aliphatic heterocycles. The molecule has 0 fully saturated rings. The molecular weight excluding hydrogens is 278 g/mol. The number of primary amides is 1. The van der Waals surface area contributed by atoms with E-state index in [1.165, 1.54) is 22.3 Å². The Morgan fingerprint density at radius 1 is 1.09 bits per heavy atom. The smallest absolute Gasteiger partial charge is 0.312 e. The minimum absolute atomic E-state index is 0.297. The number of anilines is 1. The molecule has 0 saturated carbocycles. The highest BCUT2D eigenvalue weighted by Gasteiger charge is 2.19. The van der Waals surface area contributed by atoms with Gasteiger partial charge in [0, 0.05) is 5.69 Å². The van der Waals surface area contributed by atoms with Crippen molar-refractivity contribution in [2.75, 3.05) is 5.32 Å². The van der Waals surface area contributed by atoms with Crippen LogP contribution in [0.2, 0.25) is 0 Å². The van der Waals surface area contributed by atoms with Crippen LogP contribution >= 0.6 is 0 Å². The fourth-order valence-electron chi connectivity index (χ4n) is 2.75. The van der Waals surface area contributed by atoms with Gasteiger partial charge in [-0.2, -0.15) is 0 Å². The number of carbonyl (C=O) groups is 2. The molecule has 5 nitrogen and oxygen atoms in total. The Morgan fingerprint density at radius 2 is 1.82 bits per heavy atom. The molecule has 0 spiro atoms. The maximum Gasteiger partial charge on any atom is 0.312 e. The lowest BCUT2D eigenvalue weighted by Crippen LogP contribution is -2.44. The van der Waals surface area contributed by atoms with Crippen molar-refractivity contribution in [2.24, 2.45) is 5.73 Å². The third-order valence-corrected chi connectivity index (χ3v) is 3.81. The number of urea groups is 1. The zero-order valence-corrected chi connectivity index (χ0v) is 12.2. The summed E-state index contributed by atoms with van der Waals surface area (Å²) in [4.78, 5) is 22.8. The van der Waals surface area contributed by atoms with Crippen LogP contribution in [0.5, 0.6) is 0 Å². The summed E-state index contributed by atoms with van der Waals surface area (Å²) in [5.74, 6) is -0.297. The number of hydrogen-bond donors (Lipinski definition) is 3. The molecule has 1 aliphatic carbocycles. The molecule has 0 aromatic heterocycles. The highest BCUT2D eigenvalue weighted by molar-refractivity contribution is 5.97. The lowest BCUT2D eigenvalue weighted by molar-refractivity contribution is -0.117. The van der Waals surface area contributed by atoms with Crippen LogP contribution in [0.1, 0.15) is 18.1 Å². The lowest BCUT2D eigenvalue weighted by Gasteiger charge is -2.13. The third-order valence-electron chi connectivity index (χ3n) is 3.81. The van der Waals surface area contributed by atoms with E-state index in [2.05, 4.69) is 22.8 Å². The van der Waals surface area contributed by atoms with Crippen molar-refractivity contribution < 1.29 is 9.59 Å². The Morgan fingerprint density at radius 3 is 2.59 bits per heavy atom. The standard InChI is InChI=1S/C17H17N3O2/c1-10(19-17(18)22)16(21)20-13-6-7-15-12(9-13)8-11-4-2-3-5-14(11)15/h2-7,9-10H,8H2,1H3,(H,20,21)(H3,18,19,22). The van der Waals surface area contributed by atoms with E-state index in [1.807, 2.05) is 30.3 Å². The fourth-order valence-corrected chi connectivity index (χ4v) is 2.75. The molecule has 4 N–H and O–H groups in total. The average molecular weight is 295 g/mol. The van der Waals surface area contributed by atoms with Gasteiger partial charge in [0.1, 0.15) is 6.04 Å². The van der Waals surface area contributed by atoms with Crippen molar-refractivity contribution in [3.8, 4) is 11.1 Å². The second-order valence-electron chi connectivity index (χ2n) is 5.43. The van der Waals surface area contributed by atoms with E-state index in [0.717, 1.165) is 12.1 Å². The van der Waals surface area contributed by atoms with Crippen molar-refractivity contribution >= 4 is 17.6 Å². The molecule has 2 aromatic carbocycles. The minimum atomic E-state index is -0.716. The van der Waals surface area contributed by atoms with Crippen molar-refractivity contribution in [1.29, 1.82) is 0 Å².